The van der Waals surface area contributed by atoms with Gasteiger partial charge in [-0.05, 0) is 36.8 Å². The molecule has 5 rings (SSSR count). The van der Waals surface area contributed by atoms with E-state index in [0.717, 1.165) is 39.1 Å². The van der Waals surface area contributed by atoms with Gasteiger partial charge in [-0.25, -0.2) is 9.97 Å². The Balaban J connectivity index is 1.80. The van der Waals surface area contributed by atoms with Crippen molar-refractivity contribution in [1.82, 2.24) is 18.9 Å². The molecule has 3 aromatic heterocycles. The molecule has 5 aromatic rings. The van der Waals surface area contributed by atoms with E-state index >= 15 is 0 Å². The van der Waals surface area contributed by atoms with Gasteiger partial charge >= 0.3 is 5.97 Å². The number of benzene rings is 2. The quantitative estimate of drug-likeness (QED) is 0.406. The Morgan fingerprint density at radius 3 is 2.59 bits per heavy atom. The van der Waals surface area contributed by atoms with Crippen LogP contribution in [0.3, 0.4) is 0 Å². The molecule has 0 aliphatic heterocycles. The lowest BCUT2D eigenvalue weighted by atomic mass is 10.2. The maximum atomic E-state index is 11.7. The van der Waals surface area contributed by atoms with Crippen LogP contribution in [-0.2, 0) is 11.3 Å². The number of aryl methyl sites for hydroxylation is 1. The number of halogens is 1. The van der Waals surface area contributed by atoms with E-state index in [-0.39, 0.29) is 5.97 Å². The number of carbonyl (C=O) groups is 1. The molecular formula is C22H17ClN4O2. The number of hydrogen-bond donors (Lipinski definition) is 0. The Kier molecular flexibility index (Phi) is 4.03. The van der Waals surface area contributed by atoms with E-state index in [2.05, 4.69) is 0 Å². The van der Waals surface area contributed by atoms with Gasteiger partial charge in [-0.15, -0.1) is 0 Å². The maximum Gasteiger partial charge on any atom is 0.308 e. The molecule has 0 bridgehead atoms. The fourth-order valence-corrected chi connectivity index (χ4v) is 3.84. The molecule has 0 spiro atoms. The summed E-state index contributed by atoms with van der Waals surface area (Å²) < 4.78 is 9.51. The maximum absolute atomic E-state index is 11.7. The number of fused-ring (bicyclic) bond motifs is 5. The number of carbonyl (C=O) groups excluding carboxylic acids is 1. The summed E-state index contributed by atoms with van der Waals surface area (Å²) in [7, 11) is 0. The van der Waals surface area contributed by atoms with Gasteiger partial charge in [0, 0.05) is 24.7 Å². The SMILES string of the molecule is CC(=O)Oc1cn(Cc2ccc(Cl)cc2)c2nc(C)n3c4ccccc4nc3c12. The number of rotatable bonds is 3. The minimum atomic E-state index is -0.384. The summed E-state index contributed by atoms with van der Waals surface area (Å²) >= 11 is 6.01. The first-order valence-electron chi connectivity index (χ1n) is 9.21. The zero-order chi connectivity index (χ0) is 20.1. The van der Waals surface area contributed by atoms with Crippen LogP contribution in [-0.4, -0.2) is 24.9 Å². The molecule has 0 fully saturated rings. The van der Waals surface area contributed by atoms with Crippen molar-refractivity contribution in [2.75, 3.05) is 0 Å². The Morgan fingerprint density at radius 1 is 1.07 bits per heavy atom. The van der Waals surface area contributed by atoms with E-state index in [9.17, 15) is 4.79 Å². The predicted molar refractivity (Wildman–Crippen MR) is 113 cm³/mol. The van der Waals surface area contributed by atoms with Crippen LogP contribution in [0, 0.1) is 6.92 Å². The second-order valence-corrected chi connectivity index (χ2v) is 7.39. The minimum Gasteiger partial charge on any atom is -0.424 e. The number of imidazole rings is 1. The van der Waals surface area contributed by atoms with E-state index in [1.165, 1.54) is 6.92 Å². The van der Waals surface area contributed by atoms with Gasteiger partial charge in [0.15, 0.2) is 11.4 Å². The largest absolute Gasteiger partial charge is 0.424 e. The number of para-hydroxylation sites is 2. The molecule has 0 aliphatic rings. The van der Waals surface area contributed by atoms with Crippen LogP contribution in [0.25, 0.3) is 27.7 Å². The van der Waals surface area contributed by atoms with Gasteiger partial charge in [0.25, 0.3) is 0 Å². The summed E-state index contributed by atoms with van der Waals surface area (Å²) in [5, 5.41) is 1.41. The summed E-state index contributed by atoms with van der Waals surface area (Å²) in [5.74, 6) is 0.880. The molecule has 29 heavy (non-hydrogen) atoms. The number of hydrogen-bond acceptors (Lipinski definition) is 4. The van der Waals surface area contributed by atoms with Crippen LogP contribution in [0.1, 0.15) is 18.3 Å². The van der Waals surface area contributed by atoms with Crippen molar-refractivity contribution in [3.8, 4) is 5.75 Å². The average molecular weight is 405 g/mol. The van der Waals surface area contributed by atoms with Gasteiger partial charge in [-0.1, -0.05) is 35.9 Å². The van der Waals surface area contributed by atoms with Crippen molar-refractivity contribution >= 4 is 45.3 Å². The zero-order valence-corrected chi connectivity index (χ0v) is 16.6. The highest BCUT2D eigenvalue weighted by Crippen LogP contribution is 2.33. The standard InChI is InChI=1S/C22H17ClN4O2/c1-13-24-21-20(22-25-17-5-3-4-6-18(17)27(13)22)19(29-14(2)28)12-26(21)11-15-7-9-16(23)10-8-15/h3-10,12H,11H2,1-2H3. The number of esters is 1. The van der Waals surface area contributed by atoms with Crippen molar-refractivity contribution < 1.29 is 9.53 Å². The molecule has 2 aromatic carbocycles. The number of aromatic nitrogens is 4. The molecule has 0 atom stereocenters. The number of nitrogens with zero attached hydrogens (tertiary/aromatic N) is 4. The lowest BCUT2D eigenvalue weighted by Crippen LogP contribution is -2.02. The fraction of sp³-hybridized carbons (Fsp3) is 0.136. The van der Waals surface area contributed by atoms with Gasteiger partial charge in [0.1, 0.15) is 16.9 Å². The summed E-state index contributed by atoms with van der Waals surface area (Å²) in [4.78, 5) is 21.4. The van der Waals surface area contributed by atoms with E-state index in [0.29, 0.717) is 17.3 Å². The molecule has 0 saturated carbocycles. The first kappa shape index (κ1) is 17.7. The van der Waals surface area contributed by atoms with Crippen LogP contribution in [0.4, 0.5) is 0 Å². The Hall–Kier alpha value is -3.38. The second kappa shape index (κ2) is 6.60. The zero-order valence-electron chi connectivity index (χ0n) is 15.9. The summed E-state index contributed by atoms with van der Waals surface area (Å²) in [5.41, 5.74) is 4.34. The summed E-state index contributed by atoms with van der Waals surface area (Å²) in [6.07, 6.45) is 1.81. The summed E-state index contributed by atoms with van der Waals surface area (Å²) in [6.45, 7) is 3.91. The minimum absolute atomic E-state index is 0.384. The normalized spacial score (nSPS) is 11.6. The lowest BCUT2D eigenvalue weighted by Gasteiger charge is -2.07. The number of ether oxygens (including phenoxy) is 1. The molecular weight excluding hydrogens is 388 g/mol. The molecule has 0 unspecified atom stereocenters. The summed E-state index contributed by atoms with van der Waals surface area (Å²) in [6, 6.07) is 15.5. The topological polar surface area (TPSA) is 61.4 Å². The van der Waals surface area contributed by atoms with Crippen molar-refractivity contribution in [2.45, 2.75) is 20.4 Å². The predicted octanol–water partition coefficient (Wildman–Crippen LogP) is 4.77. The average Bonchev–Trinajstić information content (AvgIpc) is 3.22. The third-order valence-electron chi connectivity index (χ3n) is 4.91. The Bertz CT molecular complexity index is 1400. The molecule has 7 heteroatoms. The monoisotopic (exact) mass is 404 g/mol. The molecule has 0 amide bonds. The molecule has 6 nitrogen and oxygen atoms in total. The molecule has 0 saturated heterocycles. The highest BCUT2D eigenvalue weighted by atomic mass is 35.5. The van der Waals surface area contributed by atoms with Crippen LogP contribution >= 0.6 is 11.6 Å². The van der Waals surface area contributed by atoms with Gasteiger partial charge in [-0.2, -0.15) is 0 Å². The van der Waals surface area contributed by atoms with Crippen molar-refractivity contribution in [3.63, 3.8) is 0 Å². The van der Waals surface area contributed by atoms with Crippen LogP contribution in [0.2, 0.25) is 5.02 Å². The van der Waals surface area contributed by atoms with E-state index in [1.807, 2.05) is 70.6 Å². The molecule has 3 heterocycles. The highest BCUT2D eigenvalue weighted by Gasteiger charge is 2.20. The molecule has 0 radical (unpaired) electrons. The second-order valence-electron chi connectivity index (χ2n) is 6.96. The lowest BCUT2D eigenvalue weighted by molar-refractivity contribution is -0.131. The van der Waals surface area contributed by atoms with E-state index in [4.69, 9.17) is 26.3 Å². The van der Waals surface area contributed by atoms with Crippen molar-refractivity contribution in [2.24, 2.45) is 0 Å². The van der Waals surface area contributed by atoms with E-state index < -0.39 is 0 Å². The highest BCUT2D eigenvalue weighted by molar-refractivity contribution is 6.30. The van der Waals surface area contributed by atoms with Crippen LogP contribution < -0.4 is 4.74 Å². The first-order valence-corrected chi connectivity index (χ1v) is 9.58. The molecule has 144 valence electrons. The fourth-order valence-electron chi connectivity index (χ4n) is 3.72. The Labute approximate surface area is 171 Å². The van der Waals surface area contributed by atoms with Crippen LogP contribution in [0.15, 0.2) is 54.7 Å². The third-order valence-corrected chi connectivity index (χ3v) is 5.16. The Morgan fingerprint density at radius 2 is 1.83 bits per heavy atom. The molecule has 0 aliphatic carbocycles. The third kappa shape index (κ3) is 2.93. The van der Waals surface area contributed by atoms with Gasteiger partial charge in [-0.3, -0.25) is 9.20 Å². The van der Waals surface area contributed by atoms with Gasteiger partial charge in [0.05, 0.1) is 11.0 Å². The van der Waals surface area contributed by atoms with Crippen LogP contribution in [0.5, 0.6) is 5.75 Å². The van der Waals surface area contributed by atoms with E-state index in [1.54, 1.807) is 0 Å². The first-order chi connectivity index (χ1) is 14.0. The van der Waals surface area contributed by atoms with Gasteiger partial charge < -0.3 is 9.30 Å². The van der Waals surface area contributed by atoms with Crippen molar-refractivity contribution in [1.29, 1.82) is 0 Å². The van der Waals surface area contributed by atoms with Gasteiger partial charge in [0.2, 0.25) is 0 Å². The smallest absolute Gasteiger partial charge is 0.308 e. The van der Waals surface area contributed by atoms with Crippen molar-refractivity contribution in [3.05, 3.63) is 71.1 Å². The molecule has 0 N–H and O–H groups in total.